The monoisotopic (exact) mass is 717 g/mol. The highest BCUT2D eigenvalue weighted by atomic mass is 16.5. The molecule has 2 aromatic heterocycles. The second-order valence-electron chi connectivity index (χ2n) is 15.2. The fraction of sp³-hybridized carbons (Fsp3) is 0.465. The fourth-order valence-corrected chi connectivity index (χ4v) is 9.13. The van der Waals surface area contributed by atoms with Gasteiger partial charge in [0, 0.05) is 47.3 Å². The lowest BCUT2D eigenvalue weighted by Crippen LogP contribution is -2.41. The third-order valence-electron chi connectivity index (χ3n) is 12.3. The molecule has 2 aromatic rings. The van der Waals surface area contributed by atoms with Crippen LogP contribution >= 0.6 is 0 Å². The van der Waals surface area contributed by atoms with Crippen LogP contribution in [0.3, 0.4) is 0 Å². The van der Waals surface area contributed by atoms with E-state index in [0.29, 0.717) is 41.7 Å². The van der Waals surface area contributed by atoms with Crippen LogP contribution in [0.2, 0.25) is 0 Å². The van der Waals surface area contributed by atoms with Gasteiger partial charge in [0.1, 0.15) is 0 Å². The summed E-state index contributed by atoms with van der Waals surface area (Å²) < 4.78 is 5.07. The van der Waals surface area contributed by atoms with Crippen molar-refractivity contribution in [2.24, 2.45) is 0 Å². The summed E-state index contributed by atoms with van der Waals surface area (Å²) in [5.74, 6) is -1.45. The van der Waals surface area contributed by atoms with Gasteiger partial charge in [-0.15, -0.1) is 0 Å². The number of aromatic amines is 2. The van der Waals surface area contributed by atoms with Crippen molar-refractivity contribution in [3.05, 3.63) is 80.7 Å². The van der Waals surface area contributed by atoms with E-state index in [-0.39, 0.29) is 36.0 Å². The first kappa shape index (κ1) is 36.5. The van der Waals surface area contributed by atoms with E-state index in [2.05, 4.69) is 37.7 Å². The molecule has 0 fully saturated rings. The number of aromatic nitrogens is 4. The van der Waals surface area contributed by atoms with Gasteiger partial charge in [0.05, 0.1) is 58.0 Å². The maximum Gasteiger partial charge on any atom is 0.305 e. The highest BCUT2D eigenvalue weighted by molar-refractivity contribution is 6.23. The Morgan fingerprint density at radius 2 is 1.77 bits per heavy atom. The summed E-state index contributed by atoms with van der Waals surface area (Å²) in [5.41, 5.74) is 10.5. The predicted octanol–water partition coefficient (Wildman–Crippen LogP) is 8.45. The van der Waals surface area contributed by atoms with E-state index < -0.39 is 11.5 Å². The first-order valence-corrected chi connectivity index (χ1v) is 19.2. The van der Waals surface area contributed by atoms with Gasteiger partial charge in [0.15, 0.2) is 0 Å². The predicted molar refractivity (Wildman–Crippen MR) is 208 cm³/mol. The molecule has 0 saturated carbocycles. The number of methoxy groups -OCH3 is 1. The second kappa shape index (κ2) is 13.9. The SMILES string of the molecule is C/C=C1\c2cc3nc(cc4[nH]c5c(c6[nH]c(c7c(n2)C1(C)C(O)C=C7)[C@@H](C)[C@@H]6CCC(=O)OC)C(=O)N(CCCCCC)C(=O)c5c4C)C(CC)=C3C. The standard InChI is InChI=1S/C43H51N5O5/c1-9-12-13-14-19-48-41(51)35-24(6)30-20-31-25(10-2)22(4)29(44-31)21-32-28(11-3)43(7)33(49)17-15-27(40(43)46-32)37-23(5)26(16-18-34(50)53-8)38(47-37)36(42(48)52)39(35)45-30/h11,15,17,20-21,23,26,33,45,47,49H,9-10,12-14,16,18-19H2,1-8H3/b28-11+,31-20?,32-21?,37-27?,38-36?/t23-,26-,33?,43?/m0/s1. The van der Waals surface area contributed by atoms with Crippen molar-refractivity contribution >= 4 is 51.6 Å². The number of aliphatic hydroxyl groups is 1. The molecular formula is C43H51N5O5. The van der Waals surface area contributed by atoms with Crippen molar-refractivity contribution in [2.75, 3.05) is 13.7 Å². The topological polar surface area (TPSA) is 141 Å². The Bertz CT molecular complexity index is 2220. The molecule has 2 unspecified atom stereocenters. The number of allylic oxidation sites excluding steroid dienone is 3. The quantitative estimate of drug-likeness (QED) is 0.134. The number of hydrogen-bond acceptors (Lipinski definition) is 7. The normalized spacial score (nSPS) is 23.3. The van der Waals surface area contributed by atoms with Crippen molar-refractivity contribution in [3.8, 4) is 0 Å². The first-order chi connectivity index (χ1) is 25.4. The number of hydrogen-bond donors (Lipinski definition) is 3. The zero-order chi connectivity index (χ0) is 37.9. The number of carbonyl (C=O) groups is 3. The Kier molecular flexibility index (Phi) is 9.55. The van der Waals surface area contributed by atoms with Crippen LogP contribution in [0.25, 0.3) is 33.8 Å². The van der Waals surface area contributed by atoms with Gasteiger partial charge in [0.25, 0.3) is 11.8 Å². The van der Waals surface area contributed by atoms with Crippen molar-refractivity contribution in [3.63, 3.8) is 0 Å². The van der Waals surface area contributed by atoms with Crippen molar-refractivity contribution in [2.45, 2.75) is 117 Å². The summed E-state index contributed by atoms with van der Waals surface area (Å²) in [6.45, 7) is 14.7. The minimum Gasteiger partial charge on any atom is -0.469 e. The van der Waals surface area contributed by atoms with Gasteiger partial charge in [-0.3, -0.25) is 24.3 Å². The number of aryl methyl sites for hydroxylation is 1. The summed E-state index contributed by atoms with van der Waals surface area (Å²) in [5, 5.41) is 11.6. The van der Waals surface area contributed by atoms with Crippen LogP contribution in [-0.2, 0) is 14.9 Å². The summed E-state index contributed by atoms with van der Waals surface area (Å²) in [6.07, 6.45) is 9.96. The van der Waals surface area contributed by atoms with E-state index in [1.165, 1.54) is 12.0 Å². The number of H-pyrrole nitrogens is 2. The molecule has 1 aliphatic carbocycles. The number of imide groups is 1. The van der Waals surface area contributed by atoms with Crippen LogP contribution in [0, 0.1) is 6.92 Å². The van der Waals surface area contributed by atoms with Gasteiger partial charge in [-0.2, -0.15) is 0 Å². The summed E-state index contributed by atoms with van der Waals surface area (Å²) >= 11 is 0. The van der Waals surface area contributed by atoms with Crippen LogP contribution in [0.4, 0.5) is 0 Å². The number of ether oxygens (including phenoxy) is 1. The van der Waals surface area contributed by atoms with E-state index in [1.807, 2.05) is 51.1 Å². The molecule has 4 aliphatic heterocycles. The first-order valence-electron chi connectivity index (χ1n) is 19.2. The zero-order valence-corrected chi connectivity index (χ0v) is 32.2. The maximum atomic E-state index is 14.8. The largest absolute Gasteiger partial charge is 0.469 e. The lowest BCUT2D eigenvalue weighted by atomic mass is 9.70. The van der Waals surface area contributed by atoms with Gasteiger partial charge in [-0.25, -0.2) is 4.98 Å². The Morgan fingerprint density at radius 1 is 1.02 bits per heavy atom. The molecule has 53 heavy (non-hydrogen) atoms. The Labute approximate surface area is 311 Å². The lowest BCUT2D eigenvalue weighted by molar-refractivity contribution is -0.140. The average Bonchev–Trinajstić information content (AvgIpc) is 3.82. The van der Waals surface area contributed by atoms with Gasteiger partial charge < -0.3 is 19.8 Å². The second-order valence-corrected chi connectivity index (χ2v) is 15.2. The molecule has 5 aliphatic rings. The number of carbonyl (C=O) groups excluding carboxylic acids is 3. The molecule has 7 rings (SSSR count). The molecule has 2 amide bonds. The van der Waals surface area contributed by atoms with E-state index >= 15 is 0 Å². The number of rotatable bonds is 9. The Morgan fingerprint density at radius 3 is 2.47 bits per heavy atom. The number of unbranched alkanes of at least 4 members (excludes halogenated alkanes) is 3. The van der Waals surface area contributed by atoms with E-state index in [1.54, 1.807) is 0 Å². The molecule has 3 N–H and O–H groups in total. The molecule has 8 bridgehead atoms. The molecule has 0 spiro atoms. The van der Waals surface area contributed by atoms with E-state index in [0.717, 1.165) is 87.5 Å². The number of fused-ring (bicyclic) bond motifs is 8. The average molecular weight is 718 g/mol. The van der Waals surface area contributed by atoms with Gasteiger partial charge in [-0.1, -0.05) is 58.3 Å². The highest BCUT2D eigenvalue weighted by Crippen LogP contribution is 2.52. The van der Waals surface area contributed by atoms with Crippen molar-refractivity contribution < 1.29 is 24.2 Å². The molecule has 4 atom stereocenters. The van der Waals surface area contributed by atoms with Crippen molar-refractivity contribution in [1.29, 1.82) is 0 Å². The molecule has 0 saturated heterocycles. The zero-order valence-electron chi connectivity index (χ0n) is 32.2. The van der Waals surface area contributed by atoms with Crippen LogP contribution in [0.15, 0.2) is 24.3 Å². The van der Waals surface area contributed by atoms with Gasteiger partial charge >= 0.3 is 5.97 Å². The lowest BCUT2D eigenvalue weighted by Gasteiger charge is -2.34. The minimum atomic E-state index is -0.839. The molecule has 6 heterocycles. The summed E-state index contributed by atoms with van der Waals surface area (Å²) in [7, 11) is 1.38. The number of amides is 2. The van der Waals surface area contributed by atoms with Crippen LogP contribution in [-0.4, -0.2) is 67.5 Å². The summed E-state index contributed by atoms with van der Waals surface area (Å²) in [4.78, 5) is 60.9. The van der Waals surface area contributed by atoms with E-state index in [4.69, 9.17) is 14.7 Å². The number of nitrogens with zero attached hydrogens (tertiary/aromatic N) is 3. The van der Waals surface area contributed by atoms with Crippen LogP contribution in [0.1, 0.15) is 164 Å². The molecular weight excluding hydrogens is 667 g/mol. The maximum absolute atomic E-state index is 14.8. The van der Waals surface area contributed by atoms with Crippen LogP contribution in [0.5, 0.6) is 0 Å². The minimum absolute atomic E-state index is 0.156. The Balaban J connectivity index is 1.64. The molecule has 0 aromatic carbocycles. The number of aliphatic hydroxyl groups excluding tert-OH is 1. The van der Waals surface area contributed by atoms with Gasteiger partial charge in [0.2, 0.25) is 0 Å². The van der Waals surface area contributed by atoms with Gasteiger partial charge in [-0.05, 0) is 81.4 Å². The smallest absolute Gasteiger partial charge is 0.305 e. The van der Waals surface area contributed by atoms with Crippen LogP contribution < -0.4 is 0 Å². The molecule has 10 nitrogen and oxygen atoms in total. The third kappa shape index (κ3) is 5.59. The summed E-state index contributed by atoms with van der Waals surface area (Å²) in [6, 6.07) is 4.02. The number of esters is 1. The highest BCUT2D eigenvalue weighted by Gasteiger charge is 2.48. The third-order valence-corrected chi connectivity index (χ3v) is 12.3. The molecule has 0 radical (unpaired) electrons. The van der Waals surface area contributed by atoms with Crippen molar-refractivity contribution in [1.82, 2.24) is 24.8 Å². The molecule has 10 heteroatoms. The van der Waals surface area contributed by atoms with E-state index in [9.17, 15) is 19.5 Å². The molecule has 278 valence electrons. The number of nitrogens with one attached hydrogen (secondary N) is 2. The Hall–Kier alpha value is -4.83. The fourth-order valence-electron chi connectivity index (χ4n) is 9.13.